The zero-order valence-corrected chi connectivity index (χ0v) is 13.9. The van der Waals surface area contributed by atoms with E-state index in [2.05, 4.69) is 39.6 Å². The van der Waals surface area contributed by atoms with Gasteiger partial charge in [0.25, 0.3) is 0 Å². The topological polar surface area (TPSA) is 61.5 Å². The van der Waals surface area contributed by atoms with Gasteiger partial charge >= 0.3 is 0 Å². The summed E-state index contributed by atoms with van der Waals surface area (Å²) in [5.41, 5.74) is 4.82. The van der Waals surface area contributed by atoms with Crippen LogP contribution in [-0.4, -0.2) is 40.9 Å². The molecule has 2 heterocycles. The van der Waals surface area contributed by atoms with Gasteiger partial charge in [0.2, 0.25) is 0 Å². The number of aliphatic hydroxyl groups is 1. The van der Waals surface area contributed by atoms with Crippen molar-refractivity contribution in [3.05, 3.63) is 52.4 Å². The molecule has 5 heteroatoms. The van der Waals surface area contributed by atoms with Gasteiger partial charge in [-0.1, -0.05) is 29.4 Å². The number of nitrogens with zero attached hydrogens (tertiary/aromatic N) is 2. The van der Waals surface area contributed by atoms with Crippen LogP contribution in [0.5, 0.6) is 0 Å². The van der Waals surface area contributed by atoms with Gasteiger partial charge < -0.3 is 14.9 Å². The first-order valence-electron chi connectivity index (χ1n) is 8.23. The molecule has 1 aliphatic heterocycles. The molecule has 1 atom stereocenters. The lowest BCUT2D eigenvalue weighted by atomic mass is 10.00. The molecule has 23 heavy (non-hydrogen) atoms. The van der Waals surface area contributed by atoms with Crippen LogP contribution in [0.15, 0.2) is 28.8 Å². The van der Waals surface area contributed by atoms with E-state index in [0.29, 0.717) is 19.6 Å². The standard InChI is InChI=1S/C18H25N3O2/c1-13-18(14(2)23-20-13)10-19-9-17(22)12-21-8-7-15-5-3-4-6-16(15)11-21/h3-6,17,19,22H,7-12H2,1-2H3. The second-order valence-corrected chi connectivity index (χ2v) is 6.34. The molecule has 0 saturated heterocycles. The van der Waals surface area contributed by atoms with Gasteiger partial charge in [0.15, 0.2) is 0 Å². The van der Waals surface area contributed by atoms with E-state index in [4.69, 9.17) is 4.52 Å². The minimum Gasteiger partial charge on any atom is -0.390 e. The number of aryl methyl sites for hydroxylation is 2. The maximum absolute atomic E-state index is 10.3. The number of rotatable bonds is 6. The third-order valence-corrected chi connectivity index (χ3v) is 4.54. The van der Waals surface area contributed by atoms with Crippen molar-refractivity contribution in [1.29, 1.82) is 0 Å². The molecule has 2 aromatic rings. The van der Waals surface area contributed by atoms with Crippen molar-refractivity contribution in [2.45, 2.75) is 39.5 Å². The van der Waals surface area contributed by atoms with Gasteiger partial charge in [-0.2, -0.15) is 0 Å². The highest BCUT2D eigenvalue weighted by molar-refractivity contribution is 5.29. The first kappa shape index (κ1) is 16.2. The molecule has 1 aliphatic rings. The first-order valence-corrected chi connectivity index (χ1v) is 8.23. The third kappa shape index (κ3) is 3.99. The minimum absolute atomic E-state index is 0.374. The van der Waals surface area contributed by atoms with Gasteiger partial charge in [-0.3, -0.25) is 4.90 Å². The molecule has 124 valence electrons. The summed E-state index contributed by atoms with van der Waals surface area (Å²) < 4.78 is 5.15. The molecule has 5 nitrogen and oxygen atoms in total. The average Bonchev–Trinajstić information content (AvgIpc) is 2.86. The number of β-amino-alcohol motifs (C(OH)–C–C–N with tert-alkyl or cyclic N) is 1. The van der Waals surface area contributed by atoms with Crippen LogP contribution in [0.1, 0.15) is 28.1 Å². The number of hydrogen-bond acceptors (Lipinski definition) is 5. The number of hydrogen-bond donors (Lipinski definition) is 2. The van der Waals surface area contributed by atoms with Crippen LogP contribution in [-0.2, 0) is 19.5 Å². The maximum Gasteiger partial charge on any atom is 0.138 e. The second-order valence-electron chi connectivity index (χ2n) is 6.34. The highest BCUT2D eigenvalue weighted by atomic mass is 16.5. The molecule has 1 aromatic heterocycles. The fraction of sp³-hybridized carbons (Fsp3) is 0.500. The van der Waals surface area contributed by atoms with Gasteiger partial charge in [0.1, 0.15) is 5.76 Å². The Labute approximate surface area is 137 Å². The quantitative estimate of drug-likeness (QED) is 0.851. The molecule has 1 unspecified atom stereocenters. The van der Waals surface area contributed by atoms with E-state index in [0.717, 1.165) is 36.5 Å². The van der Waals surface area contributed by atoms with E-state index in [9.17, 15) is 5.11 Å². The highest BCUT2D eigenvalue weighted by Gasteiger charge is 2.18. The van der Waals surface area contributed by atoms with E-state index in [1.54, 1.807) is 0 Å². The number of fused-ring (bicyclic) bond motifs is 1. The molecule has 0 fully saturated rings. The summed E-state index contributed by atoms with van der Waals surface area (Å²) in [6.07, 6.45) is 0.691. The third-order valence-electron chi connectivity index (χ3n) is 4.54. The Morgan fingerprint density at radius 3 is 2.83 bits per heavy atom. The Bertz CT molecular complexity index is 634. The largest absolute Gasteiger partial charge is 0.390 e. The van der Waals surface area contributed by atoms with Gasteiger partial charge in [0, 0.05) is 38.3 Å². The van der Waals surface area contributed by atoms with Gasteiger partial charge in [0.05, 0.1) is 11.8 Å². The summed E-state index contributed by atoms with van der Waals surface area (Å²) in [4.78, 5) is 2.32. The number of benzene rings is 1. The molecule has 1 aromatic carbocycles. The van der Waals surface area contributed by atoms with E-state index in [-0.39, 0.29) is 6.10 Å². The van der Waals surface area contributed by atoms with Crippen LogP contribution in [0.3, 0.4) is 0 Å². The average molecular weight is 315 g/mol. The monoisotopic (exact) mass is 315 g/mol. The first-order chi connectivity index (χ1) is 11.1. The predicted molar refractivity (Wildman–Crippen MR) is 89.1 cm³/mol. The summed E-state index contributed by atoms with van der Waals surface area (Å²) in [5.74, 6) is 0.845. The van der Waals surface area contributed by atoms with E-state index in [1.165, 1.54) is 11.1 Å². The highest BCUT2D eigenvalue weighted by Crippen LogP contribution is 2.18. The molecule has 0 saturated carbocycles. The van der Waals surface area contributed by atoms with Crippen LogP contribution in [0, 0.1) is 13.8 Å². The Morgan fingerprint density at radius 2 is 2.09 bits per heavy atom. The number of nitrogens with one attached hydrogen (secondary N) is 1. The van der Waals surface area contributed by atoms with Crippen molar-refractivity contribution < 1.29 is 9.63 Å². The second kappa shape index (κ2) is 7.25. The summed E-state index contributed by atoms with van der Waals surface area (Å²) in [5, 5.41) is 17.5. The van der Waals surface area contributed by atoms with Crippen LogP contribution in [0.2, 0.25) is 0 Å². The van der Waals surface area contributed by atoms with Crippen LogP contribution < -0.4 is 5.32 Å². The summed E-state index contributed by atoms with van der Waals surface area (Å²) in [6.45, 7) is 7.75. The zero-order chi connectivity index (χ0) is 16.2. The predicted octanol–water partition coefficient (Wildman–Crippen LogP) is 1.80. The van der Waals surface area contributed by atoms with Crippen molar-refractivity contribution in [1.82, 2.24) is 15.4 Å². The number of aromatic nitrogens is 1. The van der Waals surface area contributed by atoms with Crippen LogP contribution in [0.4, 0.5) is 0 Å². The fourth-order valence-electron chi connectivity index (χ4n) is 3.19. The Hall–Kier alpha value is -1.69. The summed E-state index contributed by atoms with van der Waals surface area (Å²) >= 11 is 0. The Kier molecular flexibility index (Phi) is 5.10. The van der Waals surface area contributed by atoms with Crippen LogP contribution in [0.25, 0.3) is 0 Å². The number of aliphatic hydroxyl groups excluding tert-OH is 1. The van der Waals surface area contributed by atoms with Crippen molar-refractivity contribution in [2.24, 2.45) is 0 Å². The van der Waals surface area contributed by atoms with E-state index < -0.39 is 0 Å². The van der Waals surface area contributed by atoms with Crippen molar-refractivity contribution in [3.8, 4) is 0 Å². The molecular weight excluding hydrogens is 290 g/mol. The van der Waals surface area contributed by atoms with Gasteiger partial charge in [-0.25, -0.2) is 0 Å². The summed E-state index contributed by atoms with van der Waals surface area (Å²) in [6, 6.07) is 8.57. The smallest absolute Gasteiger partial charge is 0.138 e. The van der Waals surface area contributed by atoms with E-state index >= 15 is 0 Å². The Balaban J connectivity index is 1.44. The lowest BCUT2D eigenvalue weighted by molar-refractivity contribution is 0.104. The van der Waals surface area contributed by atoms with Crippen molar-refractivity contribution in [2.75, 3.05) is 19.6 Å². The molecular formula is C18H25N3O2. The molecule has 3 rings (SSSR count). The fourth-order valence-corrected chi connectivity index (χ4v) is 3.19. The SMILES string of the molecule is Cc1noc(C)c1CNCC(O)CN1CCc2ccccc2C1. The lowest BCUT2D eigenvalue weighted by Gasteiger charge is -2.30. The molecule has 0 aliphatic carbocycles. The van der Waals surface area contributed by atoms with Crippen LogP contribution >= 0.6 is 0 Å². The minimum atomic E-state index is -0.374. The lowest BCUT2D eigenvalue weighted by Crippen LogP contribution is -2.40. The maximum atomic E-state index is 10.3. The van der Waals surface area contributed by atoms with Gasteiger partial charge in [-0.15, -0.1) is 0 Å². The van der Waals surface area contributed by atoms with E-state index in [1.807, 2.05) is 13.8 Å². The normalized spacial score (nSPS) is 16.3. The molecule has 0 bridgehead atoms. The van der Waals surface area contributed by atoms with Crippen molar-refractivity contribution in [3.63, 3.8) is 0 Å². The Morgan fingerprint density at radius 1 is 1.30 bits per heavy atom. The molecule has 0 spiro atoms. The molecule has 0 amide bonds. The molecule has 0 radical (unpaired) electrons. The summed E-state index contributed by atoms with van der Waals surface area (Å²) in [7, 11) is 0. The van der Waals surface area contributed by atoms with Gasteiger partial charge in [-0.05, 0) is 31.4 Å². The zero-order valence-electron chi connectivity index (χ0n) is 13.9. The van der Waals surface area contributed by atoms with Crippen molar-refractivity contribution >= 4 is 0 Å². The molecule has 2 N–H and O–H groups in total.